The van der Waals surface area contributed by atoms with Crippen LogP contribution < -0.4 is 4.74 Å². The maximum absolute atomic E-state index is 11.6. The molecule has 3 nitrogen and oxygen atoms in total. The number of carbonyl (C=O) groups excluding carboxylic acids is 1. The normalized spacial score (nSPS) is 10.5. The summed E-state index contributed by atoms with van der Waals surface area (Å²) < 4.78 is 4.96. The van der Waals surface area contributed by atoms with Crippen LogP contribution in [0.5, 0.6) is 5.19 Å². The van der Waals surface area contributed by atoms with Crippen molar-refractivity contribution in [2.75, 3.05) is 7.11 Å². The molecule has 0 spiro atoms. The summed E-state index contributed by atoms with van der Waals surface area (Å²) in [4.78, 5) is 16.4. The summed E-state index contributed by atoms with van der Waals surface area (Å²) in [5.74, 6) is 0.155. The number of ketones is 1. The lowest BCUT2D eigenvalue weighted by atomic mass is 10.1. The van der Waals surface area contributed by atoms with E-state index in [0.717, 1.165) is 5.69 Å². The highest BCUT2D eigenvalue weighted by molar-refractivity contribution is 7.15. The molecule has 1 aromatic heterocycles. The summed E-state index contributed by atoms with van der Waals surface area (Å²) in [5, 5.41) is 0.557. The third kappa shape index (κ3) is 2.06. The fraction of sp³-hybridized carbons (Fsp3) is 0.556. The van der Waals surface area contributed by atoms with Crippen molar-refractivity contribution in [3.63, 3.8) is 0 Å². The molecule has 0 unspecified atom stereocenters. The molecule has 0 radical (unpaired) electrons. The van der Waals surface area contributed by atoms with Crippen LogP contribution in [0.4, 0.5) is 0 Å². The van der Waals surface area contributed by atoms with E-state index < -0.39 is 0 Å². The number of ether oxygens (including phenoxy) is 1. The van der Waals surface area contributed by atoms with Gasteiger partial charge in [0.25, 0.3) is 5.19 Å². The van der Waals surface area contributed by atoms with Crippen LogP contribution in [-0.4, -0.2) is 17.9 Å². The Kier molecular flexibility index (Phi) is 3.03. The highest BCUT2D eigenvalue weighted by Crippen LogP contribution is 2.26. The lowest BCUT2D eigenvalue weighted by Gasteiger charge is -1.99. The Balaban J connectivity index is 3.00. The first-order valence-corrected chi connectivity index (χ1v) is 4.93. The Morgan fingerprint density at radius 1 is 1.54 bits per heavy atom. The molecule has 0 saturated heterocycles. The average Bonchev–Trinajstić information content (AvgIpc) is 2.45. The fourth-order valence-electron chi connectivity index (χ4n) is 0.950. The van der Waals surface area contributed by atoms with Crippen molar-refractivity contribution in [2.45, 2.75) is 20.8 Å². The molecule has 0 atom stereocenters. The third-order valence-electron chi connectivity index (χ3n) is 1.70. The SMILES string of the molecule is COc1nc(C)c(C(=O)C(C)C)s1. The van der Waals surface area contributed by atoms with Crippen LogP contribution in [0.25, 0.3) is 0 Å². The highest BCUT2D eigenvalue weighted by atomic mass is 32.1. The molecule has 0 N–H and O–H groups in total. The van der Waals surface area contributed by atoms with Crippen LogP contribution in [0, 0.1) is 12.8 Å². The van der Waals surface area contributed by atoms with Gasteiger partial charge in [-0.3, -0.25) is 4.79 Å². The molecule has 0 amide bonds. The number of hydrogen-bond acceptors (Lipinski definition) is 4. The van der Waals surface area contributed by atoms with Crippen LogP contribution in [-0.2, 0) is 0 Å². The number of thiazole rings is 1. The summed E-state index contributed by atoms with van der Waals surface area (Å²) in [7, 11) is 1.56. The summed E-state index contributed by atoms with van der Waals surface area (Å²) in [6, 6.07) is 0. The topological polar surface area (TPSA) is 39.2 Å². The van der Waals surface area contributed by atoms with Gasteiger partial charge in [-0.1, -0.05) is 25.2 Å². The van der Waals surface area contributed by atoms with Crippen molar-refractivity contribution in [3.8, 4) is 5.19 Å². The Morgan fingerprint density at radius 3 is 2.54 bits per heavy atom. The fourth-order valence-corrected chi connectivity index (χ4v) is 1.92. The van der Waals surface area contributed by atoms with E-state index in [-0.39, 0.29) is 11.7 Å². The van der Waals surface area contributed by atoms with Crippen molar-refractivity contribution in [1.82, 2.24) is 4.98 Å². The smallest absolute Gasteiger partial charge is 0.273 e. The first-order chi connectivity index (χ1) is 6.06. The molecule has 0 aliphatic carbocycles. The van der Waals surface area contributed by atoms with Gasteiger partial charge in [-0.25, -0.2) is 4.98 Å². The lowest BCUT2D eigenvalue weighted by molar-refractivity contribution is 0.0942. The molecule has 0 saturated carbocycles. The molecule has 0 aromatic carbocycles. The van der Waals surface area contributed by atoms with Crippen molar-refractivity contribution >= 4 is 17.1 Å². The minimum atomic E-state index is 0.0175. The number of carbonyl (C=O) groups is 1. The Labute approximate surface area is 81.8 Å². The molecule has 0 fully saturated rings. The molecule has 0 aliphatic heterocycles. The van der Waals surface area contributed by atoms with Gasteiger partial charge in [0, 0.05) is 5.92 Å². The summed E-state index contributed by atoms with van der Waals surface area (Å²) in [6.45, 7) is 5.59. The Hall–Kier alpha value is -0.900. The van der Waals surface area contributed by atoms with Gasteiger partial charge in [-0.2, -0.15) is 0 Å². The van der Waals surface area contributed by atoms with Crippen molar-refractivity contribution in [1.29, 1.82) is 0 Å². The van der Waals surface area contributed by atoms with Crippen LogP contribution in [0.2, 0.25) is 0 Å². The van der Waals surface area contributed by atoms with Gasteiger partial charge in [-0.15, -0.1) is 0 Å². The minimum Gasteiger partial charge on any atom is -0.473 e. The van der Waals surface area contributed by atoms with E-state index in [2.05, 4.69) is 4.98 Å². The zero-order chi connectivity index (χ0) is 10.0. The Bertz CT molecular complexity index is 317. The van der Waals surface area contributed by atoms with Crippen molar-refractivity contribution in [2.24, 2.45) is 5.92 Å². The molecule has 13 heavy (non-hydrogen) atoms. The number of nitrogens with zero attached hydrogens (tertiary/aromatic N) is 1. The van der Waals surface area contributed by atoms with Crippen LogP contribution in [0.3, 0.4) is 0 Å². The standard InChI is InChI=1S/C9H13NO2S/c1-5(2)7(11)8-6(3)10-9(12-4)13-8/h5H,1-4H3. The molecule has 4 heteroatoms. The van der Waals surface area contributed by atoms with E-state index in [1.807, 2.05) is 20.8 Å². The maximum atomic E-state index is 11.6. The van der Waals surface area contributed by atoms with Gasteiger partial charge in [0.1, 0.15) is 0 Å². The second-order valence-corrected chi connectivity index (χ2v) is 4.08. The molecule has 1 rings (SSSR count). The monoisotopic (exact) mass is 199 g/mol. The van der Waals surface area contributed by atoms with Crippen LogP contribution in [0.1, 0.15) is 29.2 Å². The number of rotatable bonds is 3. The lowest BCUT2D eigenvalue weighted by Crippen LogP contribution is -2.06. The van der Waals surface area contributed by atoms with Gasteiger partial charge in [0.15, 0.2) is 5.78 Å². The zero-order valence-electron chi connectivity index (χ0n) is 8.25. The van der Waals surface area contributed by atoms with E-state index in [4.69, 9.17) is 4.74 Å². The second kappa shape index (κ2) is 3.87. The van der Waals surface area contributed by atoms with E-state index >= 15 is 0 Å². The minimum absolute atomic E-state index is 0.0175. The van der Waals surface area contributed by atoms with Gasteiger partial charge >= 0.3 is 0 Å². The van der Waals surface area contributed by atoms with E-state index in [1.165, 1.54) is 11.3 Å². The zero-order valence-corrected chi connectivity index (χ0v) is 9.07. The molecule has 1 aromatic rings. The summed E-state index contributed by atoms with van der Waals surface area (Å²) >= 11 is 1.31. The predicted molar refractivity (Wildman–Crippen MR) is 52.6 cm³/mol. The molecule has 72 valence electrons. The Morgan fingerprint density at radius 2 is 2.15 bits per heavy atom. The summed E-state index contributed by atoms with van der Waals surface area (Å²) in [6.07, 6.45) is 0. The average molecular weight is 199 g/mol. The molecule has 0 aliphatic rings. The van der Waals surface area contributed by atoms with Gasteiger partial charge < -0.3 is 4.74 Å². The van der Waals surface area contributed by atoms with Crippen molar-refractivity contribution < 1.29 is 9.53 Å². The van der Waals surface area contributed by atoms with Gasteiger partial charge in [0.05, 0.1) is 17.7 Å². The number of aryl methyl sites for hydroxylation is 1. The van der Waals surface area contributed by atoms with Crippen LogP contribution >= 0.6 is 11.3 Å². The van der Waals surface area contributed by atoms with E-state index in [1.54, 1.807) is 7.11 Å². The number of aromatic nitrogens is 1. The van der Waals surface area contributed by atoms with E-state index in [0.29, 0.717) is 10.1 Å². The number of methoxy groups -OCH3 is 1. The van der Waals surface area contributed by atoms with Crippen LogP contribution in [0.15, 0.2) is 0 Å². The molecule has 0 bridgehead atoms. The second-order valence-electron chi connectivity index (χ2n) is 3.12. The molecular weight excluding hydrogens is 186 g/mol. The molecule has 1 heterocycles. The number of hydrogen-bond donors (Lipinski definition) is 0. The highest BCUT2D eigenvalue weighted by Gasteiger charge is 2.17. The largest absolute Gasteiger partial charge is 0.473 e. The number of Topliss-reactive ketones (excluding diaryl/α,β-unsaturated/α-hetero) is 1. The summed E-state index contributed by atoms with van der Waals surface area (Å²) in [5.41, 5.74) is 0.764. The third-order valence-corrected chi connectivity index (χ3v) is 2.83. The maximum Gasteiger partial charge on any atom is 0.273 e. The van der Waals surface area contributed by atoms with Gasteiger partial charge in [-0.05, 0) is 6.92 Å². The predicted octanol–water partition coefficient (Wildman–Crippen LogP) is 2.30. The van der Waals surface area contributed by atoms with E-state index in [9.17, 15) is 4.79 Å². The molecular formula is C9H13NO2S. The first kappa shape index (κ1) is 10.2. The van der Waals surface area contributed by atoms with Crippen molar-refractivity contribution in [3.05, 3.63) is 10.6 Å². The van der Waals surface area contributed by atoms with Gasteiger partial charge in [0.2, 0.25) is 0 Å². The quantitative estimate of drug-likeness (QED) is 0.701. The first-order valence-electron chi connectivity index (χ1n) is 4.12.